The lowest BCUT2D eigenvalue weighted by Gasteiger charge is -2.08. The van der Waals surface area contributed by atoms with Crippen molar-refractivity contribution in [3.05, 3.63) is 44.9 Å². The lowest BCUT2D eigenvalue weighted by Crippen LogP contribution is -2.03. The van der Waals surface area contributed by atoms with Gasteiger partial charge in [-0.15, -0.1) is 11.3 Å². The Morgan fingerprint density at radius 1 is 1.44 bits per heavy atom. The number of benzene rings is 1. The van der Waals surface area contributed by atoms with Crippen LogP contribution >= 0.6 is 22.9 Å². The Morgan fingerprint density at radius 2 is 2.28 bits per heavy atom. The second kappa shape index (κ2) is 6.18. The minimum atomic E-state index is 0.494. The molecule has 2 N–H and O–H groups in total. The van der Waals surface area contributed by atoms with Gasteiger partial charge in [0.2, 0.25) is 0 Å². The fraction of sp³-hybridized carbons (Fsp3) is 0.308. The molecule has 3 nitrogen and oxygen atoms in total. The zero-order chi connectivity index (χ0) is 13.0. The van der Waals surface area contributed by atoms with E-state index in [0.717, 1.165) is 33.5 Å². The minimum absolute atomic E-state index is 0.494. The second-order valence-corrected chi connectivity index (χ2v) is 5.32. The molecule has 0 aliphatic rings. The smallest absolute Gasteiger partial charge is 0.122 e. The number of ether oxygens (including phenoxy) is 1. The number of aromatic nitrogens is 1. The van der Waals surface area contributed by atoms with Gasteiger partial charge < -0.3 is 10.5 Å². The van der Waals surface area contributed by atoms with E-state index in [1.54, 1.807) is 11.3 Å². The molecule has 1 aromatic carbocycles. The summed E-state index contributed by atoms with van der Waals surface area (Å²) in [6, 6.07) is 5.62. The normalized spacial score (nSPS) is 10.6. The molecule has 0 radical (unpaired) electrons. The molecule has 18 heavy (non-hydrogen) atoms. The van der Waals surface area contributed by atoms with Crippen LogP contribution in [0.4, 0.5) is 0 Å². The van der Waals surface area contributed by atoms with Crippen LogP contribution in [0.2, 0.25) is 5.02 Å². The number of nitrogens with zero attached hydrogens (tertiary/aromatic N) is 1. The van der Waals surface area contributed by atoms with Crippen LogP contribution in [-0.4, -0.2) is 11.6 Å². The zero-order valence-electron chi connectivity index (χ0n) is 10.1. The van der Waals surface area contributed by atoms with E-state index in [2.05, 4.69) is 4.98 Å². The molecule has 0 saturated carbocycles. The number of nitrogens with two attached hydrogens (primary N) is 1. The van der Waals surface area contributed by atoms with E-state index >= 15 is 0 Å². The summed E-state index contributed by atoms with van der Waals surface area (Å²) in [4.78, 5) is 4.39. The number of rotatable bonds is 5. The van der Waals surface area contributed by atoms with Crippen molar-refractivity contribution in [1.29, 1.82) is 0 Å². The second-order valence-electron chi connectivity index (χ2n) is 3.94. The van der Waals surface area contributed by atoms with E-state index in [9.17, 15) is 0 Å². The van der Waals surface area contributed by atoms with Crippen LogP contribution < -0.4 is 10.5 Å². The summed E-state index contributed by atoms with van der Waals surface area (Å²) in [7, 11) is 0. The van der Waals surface area contributed by atoms with Gasteiger partial charge in [0.15, 0.2) is 0 Å². The molecule has 1 heterocycles. The first-order valence-corrected chi connectivity index (χ1v) is 6.97. The number of thiazole rings is 1. The van der Waals surface area contributed by atoms with Gasteiger partial charge in [0.1, 0.15) is 5.75 Å². The predicted octanol–water partition coefficient (Wildman–Crippen LogP) is 3.19. The molecule has 0 aliphatic heterocycles. The molecule has 0 amide bonds. The Balaban J connectivity index is 1.88. The summed E-state index contributed by atoms with van der Waals surface area (Å²) < 4.78 is 5.72. The molecule has 2 aromatic rings. The van der Waals surface area contributed by atoms with Crippen molar-refractivity contribution in [2.75, 3.05) is 6.61 Å². The highest BCUT2D eigenvalue weighted by molar-refractivity contribution is 7.09. The van der Waals surface area contributed by atoms with Crippen LogP contribution in [-0.2, 0) is 13.0 Å². The molecule has 0 atom stereocenters. The molecule has 0 aliphatic carbocycles. The molecular formula is C13H15ClN2OS. The van der Waals surface area contributed by atoms with Crippen molar-refractivity contribution in [3.63, 3.8) is 0 Å². The fourth-order valence-electron chi connectivity index (χ4n) is 1.58. The monoisotopic (exact) mass is 282 g/mol. The third-order valence-electron chi connectivity index (χ3n) is 2.52. The summed E-state index contributed by atoms with van der Waals surface area (Å²) in [5.74, 6) is 0.870. The highest BCUT2D eigenvalue weighted by atomic mass is 35.5. The van der Waals surface area contributed by atoms with E-state index < -0.39 is 0 Å². The summed E-state index contributed by atoms with van der Waals surface area (Å²) in [5.41, 5.74) is 7.51. The standard InChI is InChI=1S/C13H15ClN2OS/c1-9-6-10(14)2-3-12(9)17-5-4-13-16-11(7-15)8-18-13/h2-3,6,8H,4-5,7,15H2,1H3. The van der Waals surface area contributed by atoms with E-state index in [1.165, 1.54) is 0 Å². The topological polar surface area (TPSA) is 48.1 Å². The van der Waals surface area contributed by atoms with Gasteiger partial charge in [0.25, 0.3) is 0 Å². The molecule has 1 aromatic heterocycles. The summed E-state index contributed by atoms with van der Waals surface area (Å²) >= 11 is 7.51. The summed E-state index contributed by atoms with van der Waals surface area (Å²) in [5, 5.41) is 3.78. The van der Waals surface area contributed by atoms with Gasteiger partial charge in [-0.3, -0.25) is 0 Å². The van der Waals surface area contributed by atoms with Gasteiger partial charge in [-0.05, 0) is 30.7 Å². The largest absolute Gasteiger partial charge is 0.493 e. The van der Waals surface area contributed by atoms with Gasteiger partial charge in [-0.1, -0.05) is 11.6 Å². The van der Waals surface area contributed by atoms with Gasteiger partial charge in [0, 0.05) is 23.4 Å². The molecule has 0 fully saturated rings. The van der Waals surface area contributed by atoms with Crippen LogP contribution in [0.25, 0.3) is 0 Å². The number of aryl methyl sites for hydroxylation is 1. The number of halogens is 1. The van der Waals surface area contributed by atoms with Crippen molar-refractivity contribution in [2.45, 2.75) is 19.9 Å². The molecule has 0 unspecified atom stereocenters. The van der Waals surface area contributed by atoms with Gasteiger partial charge in [0.05, 0.1) is 17.3 Å². The van der Waals surface area contributed by atoms with E-state index in [-0.39, 0.29) is 0 Å². The number of hydrogen-bond acceptors (Lipinski definition) is 4. The molecule has 5 heteroatoms. The predicted molar refractivity (Wildman–Crippen MR) is 75.4 cm³/mol. The third kappa shape index (κ3) is 3.45. The Morgan fingerprint density at radius 3 is 2.94 bits per heavy atom. The first-order chi connectivity index (χ1) is 8.69. The maximum Gasteiger partial charge on any atom is 0.122 e. The zero-order valence-corrected chi connectivity index (χ0v) is 11.7. The van der Waals surface area contributed by atoms with Crippen molar-refractivity contribution < 1.29 is 4.74 Å². The van der Waals surface area contributed by atoms with Crippen LogP contribution in [0.15, 0.2) is 23.6 Å². The average Bonchev–Trinajstić information content (AvgIpc) is 2.80. The lowest BCUT2D eigenvalue weighted by atomic mass is 10.2. The van der Waals surface area contributed by atoms with Gasteiger partial charge >= 0.3 is 0 Å². The van der Waals surface area contributed by atoms with E-state index in [0.29, 0.717) is 13.2 Å². The SMILES string of the molecule is Cc1cc(Cl)ccc1OCCc1nc(CN)cs1. The molecule has 0 bridgehead atoms. The van der Waals surface area contributed by atoms with E-state index in [4.69, 9.17) is 22.1 Å². The molecule has 2 rings (SSSR count). The quantitative estimate of drug-likeness (QED) is 0.916. The Hall–Kier alpha value is -1.10. The lowest BCUT2D eigenvalue weighted by molar-refractivity contribution is 0.319. The summed E-state index contributed by atoms with van der Waals surface area (Å²) in [6.07, 6.45) is 0.798. The molecule has 0 spiro atoms. The molecule has 96 valence electrons. The minimum Gasteiger partial charge on any atom is -0.493 e. The van der Waals surface area contributed by atoms with Crippen LogP contribution in [0.1, 0.15) is 16.3 Å². The molecular weight excluding hydrogens is 268 g/mol. The van der Waals surface area contributed by atoms with Gasteiger partial charge in [-0.25, -0.2) is 4.98 Å². The highest BCUT2D eigenvalue weighted by Crippen LogP contribution is 2.22. The number of hydrogen-bond donors (Lipinski definition) is 1. The Labute approximate surface area is 116 Å². The Bertz CT molecular complexity index is 527. The average molecular weight is 283 g/mol. The first-order valence-electron chi connectivity index (χ1n) is 5.71. The highest BCUT2D eigenvalue weighted by Gasteiger charge is 2.03. The first kappa shape index (κ1) is 13.3. The summed E-state index contributed by atoms with van der Waals surface area (Å²) in [6.45, 7) is 3.09. The van der Waals surface area contributed by atoms with Gasteiger partial charge in [-0.2, -0.15) is 0 Å². The Kier molecular flexibility index (Phi) is 4.58. The molecule has 0 saturated heterocycles. The van der Waals surface area contributed by atoms with Crippen molar-refractivity contribution in [2.24, 2.45) is 5.73 Å². The third-order valence-corrected chi connectivity index (χ3v) is 3.71. The van der Waals surface area contributed by atoms with Crippen LogP contribution in [0.5, 0.6) is 5.75 Å². The fourth-order valence-corrected chi connectivity index (χ4v) is 2.60. The van der Waals surface area contributed by atoms with Crippen molar-refractivity contribution >= 4 is 22.9 Å². The van der Waals surface area contributed by atoms with Crippen molar-refractivity contribution in [3.8, 4) is 5.75 Å². The van der Waals surface area contributed by atoms with E-state index in [1.807, 2.05) is 30.5 Å². The maximum absolute atomic E-state index is 5.89. The maximum atomic E-state index is 5.89. The van der Waals surface area contributed by atoms with Crippen LogP contribution in [0, 0.1) is 6.92 Å². The van der Waals surface area contributed by atoms with Crippen molar-refractivity contribution in [1.82, 2.24) is 4.98 Å². The van der Waals surface area contributed by atoms with Crippen LogP contribution in [0.3, 0.4) is 0 Å².